The molecule has 0 aromatic carbocycles. The number of aliphatic hydroxyl groups excluding tert-OH is 1. The standard InChI is InChI=1S/C53H103N2O6P/c1-6-8-10-12-14-16-18-19-20-21-22-23-24-25-26-27-28-29-30-31-32-33-34-35-37-39-41-43-45-47-53(57)54-51(50-61-62(58,59)60-49-48-55(3,4)5)52(56)46-44-42-40-38-36-17-15-13-11-9-7-2/h18-19,21-22,24-25,51-52,56H,6-17,20,23,26-50H2,1-5H3,(H-,54,57,58,59)/b19-18-,22-21-,25-24-. The van der Waals surface area contributed by atoms with Crippen LogP contribution in [0, 0.1) is 0 Å². The van der Waals surface area contributed by atoms with Gasteiger partial charge in [0.1, 0.15) is 13.2 Å². The first-order valence-electron chi connectivity index (χ1n) is 26.3. The molecule has 0 rings (SSSR count). The smallest absolute Gasteiger partial charge is 0.268 e. The first kappa shape index (κ1) is 60.7. The van der Waals surface area contributed by atoms with Gasteiger partial charge in [0.05, 0.1) is 39.9 Å². The number of unbranched alkanes of at least 4 members (excludes halogenated alkanes) is 29. The maximum absolute atomic E-state index is 12.9. The molecule has 0 aromatic heterocycles. The molecule has 366 valence electrons. The van der Waals surface area contributed by atoms with Crippen molar-refractivity contribution in [3.8, 4) is 0 Å². The summed E-state index contributed by atoms with van der Waals surface area (Å²) in [4.78, 5) is 25.4. The number of amides is 1. The number of carbonyl (C=O) groups excluding carboxylic acids is 1. The molecule has 9 heteroatoms. The first-order valence-corrected chi connectivity index (χ1v) is 27.8. The molecule has 0 fully saturated rings. The van der Waals surface area contributed by atoms with E-state index in [-0.39, 0.29) is 19.1 Å². The fourth-order valence-corrected chi connectivity index (χ4v) is 8.42. The largest absolute Gasteiger partial charge is 0.756 e. The van der Waals surface area contributed by atoms with Crippen molar-refractivity contribution in [3.63, 3.8) is 0 Å². The molecular formula is C53H103N2O6P. The van der Waals surface area contributed by atoms with Crippen LogP contribution in [0.3, 0.4) is 0 Å². The average molecular weight is 895 g/mol. The van der Waals surface area contributed by atoms with Gasteiger partial charge in [-0.25, -0.2) is 0 Å². The zero-order chi connectivity index (χ0) is 45.7. The highest BCUT2D eigenvalue weighted by atomic mass is 31.2. The van der Waals surface area contributed by atoms with Crippen molar-refractivity contribution >= 4 is 13.7 Å². The maximum atomic E-state index is 12.9. The number of hydrogen-bond donors (Lipinski definition) is 2. The predicted molar refractivity (Wildman–Crippen MR) is 265 cm³/mol. The van der Waals surface area contributed by atoms with Crippen molar-refractivity contribution in [2.75, 3.05) is 40.9 Å². The molecule has 3 atom stereocenters. The lowest BCUT2D eigenvalue weighted by atomic mass is 10.0. The van der Waals surface area contributed by atoms with E-state index in [1.165, 1.54) is 167 Å². The molecular weight excluding hydrogens is 792 g/mol. The lowest BCUT2D eigenvalue weighted by Gasteiger charge is -2.30. The topological polar surface area (TPSA) is 108 Å². The molecule has 0 aromatic rings. The summed E-state index contributed by atoms with van der Waals surface area (Å²) >= 11 is 0. The van der Waals surface area contributed by atoms with Gasteiger partial charge in [-0.3, -0.25) is 9.36 Å². The Hall–Kier alpha value is -1.28. The Balaban J connectivity index is 4.06. The highest BCUT2D eigenvalue weighted by Gasteiger charge is 2.24. The van der Waals surface area contributed by atoms with Gasteiger partial charge in [0.25, 0.3) is 7.82 Å². The van der Waals surface area contributed by atoms with E-state index in [0.717, 1.165) is 51.4 Å². The van der Waals surface area contributed by atoms with Gasteiger partial charge in [0, 0.05) is 6.42 Å². The van der Waals surface area contributed by atoms with Gasteiger partial charge in [-0.1, -0.05) is 224 Å². The number of phosphoric ester groups is 1. The highest BCUT2D eigenvalue weighted by Crippen LogP contribution is 2.38. The number of likely N-dealkylation sites (N-methyl/N-ethyl adjacent to an activating group) is 1. The van der Waals surface area contributed by atoms with Crippen LogP contribution in [0.2, 0.25) is 0 Å². The van der Waals surface area contributed by atoms with Crippen LogP contribution in [0.15, 0.2) is 36.5 Å². The number of nitrogens with zero attached hydrogens (tertiary/aromatic N) is 1. The molecule has 1 amide bonds. The molecule has 8 nitrogen and oxygen atoms in total. The van der Waals surface area contributed by atoms with E-state index in [9.17, 15) is 19.4 Å². The lowest BCUT2D eigenvalue weighted by Crippen LogP contribution is -2.46. The van der Waals surface area contributed by atoms with E-state index in [0.29, 0.717) is 23.9 Å². The molecule has 0 aliphatic rings. The summed E-state index contributed by atoms with van der Waals surface area (Å²) in [7, 11) is 1.31. The second-order valence-corrected chi connectivity index (χ2v) is 20.6. The summed E-state index contributed by atoms with van der Waals surface area (Å²) in [5, 5.41) is 13.9. The van der Waals surface area contributed by atoms with E-state index >= 15 is 0 Å². The number of allylic oxidation sites excluding steroid dienone is 6. The molecule has 0 saturated heterocycles. The summed E-state index contributed by atoms with van der Waals surface area (Å²) in [5.74, 6) is -0.166. The van der Waals surface area contributed by atoms with Crippen LogP contribution in [0.1, 0.15) is 245 Å². The molecule has 0 spiro atoms. The molecule has 62 heavy (non-hydrogen) atoms. The van der Waals surface area contributed by atoms with Crippen molar-refractivity contribution < 1.29 is 32.9 Å². The summed E-state index contributed by atoms with van der Waals surface area (Å²) in [6.07, 6.45) is 56.0. The Labute approximate surface area is 385 Å². The SMILES string of the molecule is CCCCCCC/C=C\C/C=C\C/C=C\CCCCCCCCCCCCCCCCC(=O)NC(COP(=O)([O-])OCC[N+](C)(C)C)C(O)CCCCCCCCCCCCC. The van der Waals surface area contributed by atoms with Crippen LogP contribution in [-0.2, 0) is 18.4 Å². The minimum Gasteiger partial charge on any atom is -0.756 e. The number of hydrogen-bond acceptors (Lipinski definition) is 6. The van der Waals surface area contributed by atoms with E-state index in [1.807, 2.05) is 21.1 Å². The molecule has 0 aliphatic carbocycles. The third-order valence-corrected chi connectivity index (χ3v) is 12.8. The average Bonchev–Trinajstić information content (AvgIpc) is 3.23. The third kappa shape index (κ3) is 46.7. The van der Waals surface area contributed by atoms with E-state index in [1.54, 1.807) is 0 Å². The monoisotopic (exact) mass is 895 g/mol. The van der Waals surface area contributed by atoms with Gasteiger partial charge in [-0.05, 0) is 51.4 Å². The third-order valence-electron chi connectivity index (χ3n) is 11.9. The summed E-state index contributed by atoms with van der Waals surface area (Å²) in [6, 6.07) is -0.799. The number of phosphoric acid groups is 1. The van der Waals surface area contributed by atoms with Gasteiger partial charge < -0.3 is 28.8 Å². The minimum atomic E-state index is -4.56. The van der Waals surface area contributed by atoms with Crippen LogP contribution >= 0.6 is 7.82 Å². The molecule has 0 saturated carbocycles. The Morgan fingerprint density at radius 2 is 0.935 bits per heavy atom. The van der Waals surface area contributed by atoms with Gasteiger partial charge in [-0.2, -0.15) is 0 Å². The van der Waals surface area contributed by atoms with Gasteiger partial charge in [0.15, 0.2) is 0 Å². The van der Waals surface area contributed by atoms with Crippen molar-refractivity contribution in [2.45, 2.75) is 257 Å². The molecule has 2 N–H and O–H groups in total. The van der Waals surface area contributed by atoms with Crippen LogP contribution < -0.4 is 10.2 Å². The van der Waals surface area contributed by atoms with E-state index < -0.39 is 20.0 Å². The first-order chi connectivity index (χ1) is 30.0. The second-order valence-electron chi connectivity index (χ2n) is 19.2. The molecule has 0 radical (unpaired) electrons. The maximum Gasteiger partial charge on any atom is 0.268 e. The van der Waals surface area contributed by atoms with Crippen LogP contribution in [0.4, 0.5) is 0 Å². The Morgan fingerprint density at radius 1 is 0.565 bits per heavy atom. The molecule has 0 heterocycles. The van der Waals surface area contributed by atoms with Crippen molar-refractivity contribution in [1.29, 1.82) is 0 Å². The van der Waals surface area contributed by atoms with Crippen LogP contribution in [-0.4, -0.2) is 68.5 Å². The Kier molecular flexibility index (Phi) is 44.0. The summed E-state index contributed by atoms with van der Waals surface area (Å²) in [6.45, 7) is 4.71. The Morgan fingerprint density at radius 3 is 1.35 bits per heavy atom. The van der Waals surface area contributed by atoms with E-state index in [4.69, 9.17) is 9.05 Å². The van der Waals surface area contributed by atoms with Crippen LogP contribution in [0.25, 0.3) is 0 Å². The molecule has 3 unspecified atom stereocenters. The zero-order valence-electron chi connectivity index (χ0n) is 41.6. The van der Waals surface area contributed by atoms with E-state index in [2.05, 4.69) is 55.6 Å². The number of rotatable bonds is 48. The Bertz CT molecular complexity index is 1110. The molecule has 0 aliphatic heterocycles. The number of carbonyl (C=O) groups is 1. The second kappa shape index (κ2) is 44.9. The fraction of sp³-hybridized carbons (Fsp3) is 0.868. The lowest BCUT2D eigenvalue weighted by molar-refractivity contribution is -0.870. The summed E-state index contributed by atoms with van der Waals surface area (Å²) < 4.78 is 23.3. The molecule has 0 bridgehead atoms. The van der Waals surface area contributed by atoms with Crippen molar-refractivity contribution in [1.82, 2.24) is 5.32 Å². The van der Waals surface area contributed by atoms with Crippen LogP contribution in [0.5, 0.6) is 0 Å². The predicted octanol–water partition coefficient (Wildman–Crippen LogP) is 14.8. The quantitative estimate of drug-likeness (QED) is 0.0273. The number of nitrogens with one attached hydrogen (secondary N) is 1. The minimum absolute atomic E-state index is 0.0124. The van der Waals surface area contributed by atoms with Crippen molar-refractivity contribution in [2.24, 2.45) is 0 Å². The normalized spacial score (nSPS) is 14.4. The summed E-state index contributed by atoms with van der Waals surface area (Å²) in [5.41, 5.74) is 0. The van der Waals surface area contributed by atoms with Crippen molar-refractivity contribution in [3.05, 3.63) is 36.5 Å². The van der Waals surface area contributed by atoms with Gasteiger partial charge in [-0.15, -0.1) is 0 Å². The number of aliphatic hydroxyl groups is 1. The van der Waals surface area contributed by atoms with Gasteiger partial charge in [0.2, 0.25) is 5.91 Å². The van der Waals surface area contributed by atoms with Gasteiger partial charge >= 0.3 is 0 Å². The zero-order valence-corrected chi connectivity index (χ0v) is 42.5. The highest BCUT2D eigenvalue weighted by molar-refractivity contribution is 7.45. The fourth-order valence-electron chi connectivity index (χ4n) is 7.69. The number of quaternary nitrogens is 1.